The molecule has 1 aliphatic rings. The minimum atomic E-state index is 0.123. The lowest BCUT2D eigenvalue weighted by atomic mass is 10.1. The number of aromatic nitrogens is 1. The summed E-state index contributed by atoms with van der Waals surface area (Å²) in [5.74, 6) is 1.54. The van der Waals surface area contributed by atoms with E-state index in [1.165, 1.54) is 0 Å². The van der Waals surface area contributed by atoms with Gasteiger partial charge in [0.15, 0.2) is 5.76 Å². The number of hydrogen-bond acceptors (Lipinski definition) is 4. The molecular weight excluding hydrogens is 268 g/mol. The first-order valence-corrected chi connectivity index (χ1v) is 7.14. The Morgan fingerprint density at radius 2 is 2.14 bits per heavy atom. The van der Waals surface area contributed by atoms with Crippen LogP contribution in [0.4, 0.5) is 0 Å². The van der Waals surface area contributed by atoms with Gasteiger partial charge in [-0.3, -0.25) is 4.79 Å². The van der Waals surface area contributed by atoms with Crippen LogP contribution in [0, 0.1) is 0 Å². The lowest BCUT2D eigenvalue weighted by molar-refractivity contribution is -0.129. The molecule has 1 aliphatic heterocycles. The highest BCUT2D eigenvalue weighted by Gasteiger charge is 2.19. The summed E-state index contributed by atoms with van der Waals surface area (Å²) in [6.07, 6.45) is 2.49. The maximum absolute atomic E-state index is 12.1. The summed E-state index contributed by atoms with van der Waals surface area (Å²) < 4.78 is 10.5. The van der Waals surface area contributed by atoms with E-state index < -0.39 is 0 Å². The molecule has 2 aromatic rings. The van der Waals surface area contributed by atoms with Crippen LogP contribution in [0.1, 0.15) is 18.5 Å². The number of methoxy groups -OCH3 is 1. The summed E-state index contributed by atoms with van der Waals surface area (Å²) >= 11 is 0. The zero-order valence-electron chi connectivity index (χ0n) is 12.0. The van der Waals surface area contributed by atoms with E-state index in [-0.39, 0.29) is 5.91 Å². The number of nitrogens with zero attached hydrogens (tertiary/aromatic N) is 2. The Morgan fingerprint density at radius 1 is 1.33 bits per heavy atom. The molecule has 21 heavy (non-hydrogen) atoms. The quantitative estimate of drug-likeness (QED) is 0.866. The third-order valence-electron chi connectivity index (χ3n) is 3.70. The summed E-state index contributed by atoms with van der Waals surface area (Å²) in [5, 5.41) is 4.00. The number of benzene rings is 1. The fraction of sp³-hybridized carbons (Fsp3) is 0.375. The molecule has 1 saturated heterocycles. The number of amides is 1. The predicted molar refractivity (Wildman–Crippen MR) is 78.0 cm³/mol. The summed E-state index contributed by atoms with van der Waals surface area (Å²) in [5.41, 5.74) is 1.56. The number of hydrogen-bond donors (Lipinski definition) is 0. The number of carbonyl (C=O) groups is 1. The van der Waals surface area contributed by atoms with Crippen molar-refractivity contribution in [3.63, 3.8) is 0 Å². The van der Waals surface area contributed by atoms with Crippen LogP contribution in [0.15, 0.2) is 34.9 Å². The van der Waals surface area contributed by atoms with Gasteiger partial charge in [0.05, 0.1) is 19.2 Å². The van der Waals surface area contributed by atoms with Crippen LogP contribution >= 0.6 is 0 Å². The standard InChI is InChI=1S/C16H18N2O3/c1-20-14-6-4-5-12(9-14)15-10-13(17-21-15)11-16(19)18-7-2-3-8-18/h4-6,9-10H,2-3,7-8,11H2,1H3. The van der Waals surface area contributed by atoms with Crippen molar-refractivity contribution in [1.82, 2.24) is 10.1 Å². The SMILES string of the molecule is COc1cccc(-c2cc(CC(=O)N3CCCC3)no2)c1. The zero-order valence-corrected chi connectivity index (χ0v) is 12.0. The molecule has 1 fully saturated rings. The second-order valence-corrected chi connectivity index (χ2v) is 5.18. The Balaban J connectivity index is 1.72. The van der Waals surface area contributed by atoms with E-state index in [0.717, 1.165) is 37.2 Å². The normalized spacial score (nSPS) is 14.4. The predicted octanol–water partition coefficient (Wildman–Crippen LogP) is 2.52. The average Bonchev–Trinajstić information content (AvgIpc) is 3.18. The van der Waals surface area contributed by atoms with Crippen molar-refractivity contribution in [1.29, 1.82) is 0 Å². The Labute approximate surface area is 123 Å². The van der Waals surface area contributed by atoms with Crippen molar-refractivity contribution in [2.45, 2.75) is 19.3 Å². The Bertz CT molecular complexity index is 630. The van der Waals surface area contributed by atoms with Gasteiger partial charge in [-0.1, -0.05) is 17.3 Å². The van der Waals surface area contributed by atoms with E-state index in [9.17, 15) is 4.79 Å². The van der Waals surface area contributed by atoms with Crippen LogP contribution in [0.5, 0.6) is 5.75 Å². The lowest BCUT2D eigenvalue weighted by Gasteiger charge is -2.13. The first-order chi connectivity index (χ1) is 10.3. The molecule has 0 radical (unpaired) electrons. The topological polar surface area (TPSA) is 55.6 Å². The van der Waals surface area contributed by atoms with Gasteiger partial charge in [0, 0.05) is 24.7 Å². The average molecular weight is 286 g/mol. The maximum Gasteiger partial charge on any atom is 0.228 e. The van der Waals surface area contributed by atoms with Crippen molar-refractivity contribution < 1.29 is 14.1 Å². The van der Waals surface area contributed by atoms with Gasteiger partial charge in [-0.2, -0.15) is 0 Å². The molecular formula is C16H18N2O3. The van der Waals surface area contributed by atoms with Crippen LogP contribution in [0.2, 0.25) is 0 Å². The van der Waals surface area contributed by atoms with E-state index in [0.29, 0.717) is 17.9 Å². The highest BCUT2D eigenvalue weighted by atomic mass is 16.5. The fourth-order valence-electron chi connectivity index (χ4n) is 2.54. The van der Waals surface area contributed by atoms with Crippen LogP contribution in [0.25, 0.3) is 11.3 Å². The third kappa shape index (κ3) is 3.07. The molecule has 0 aliphatic carbocycles. The van der Waals surface area contributed by atoms with Crippen LogP contribution in [0.3, 0.4) is 0 Å². The number of ether oxygens (including phenoxy) is 1. The lowest BCUT2D eigenvalue weighted by Crippen LogP contribution is -2.29. The number of carbonyl (C=O) groups excluding carboxylic acids is 1. The highest BCUT2D eigenvalue weighted by molar-refractivity contribution is 5.78. The molecule has 110 valence electrons. The molecule has 1 aromatic carbocycles. The Kier molecular flexibility index (Phi) is 3.90. The van der Waals surface area contributed by atoms with E-state index in [1.54, 1.807) is 7.11 Å². The largest absolute Gasteiger partial charge is 0.497 e. The van der Waals surface area contributed by atoms with Gasteiger partial charge in [0.2, 0.25) is 5.91 Å². The van der Waals surface area contributed by atoms with Crippen LogP contribution in [-0.4, -0.2) is 36.2 Å². The van der Waals surface area contributed by atoms with Crippen molar-refractivity contribution in [2.24, 2.45) is 0 Å². The van der Waals surface area contributed by atoms with Crippen molar-refractivity contribution in [2.75, 3.05) is 20.2 Å². The van der Waals surface area contributed by atoms with Gasteiger partial charge < -0.3 is 14.2 Å². The molecule has 0 atom stereocenters. The monoisotopic (exact) mass is 286 g/mol. The number of rotatable bonds is 4. The van der Waals surface area contributed by atoms with E-state index in [1.807, 2.05) is 35.2 Å². The molecule has 0 unspecified atom stereocenters. The van der Waals surface area contributed by atoms with E-state index in [4.69, 9.17) is 9.26 Å². The van der Waals surface area contributed by atoms with E-state index >= 15 is 0 Å². The van der Waals surface area contributed by atoms with Gasteiger partial charge in [-0.25, -0.2) is 0 Å². The molecule has 0 spiro atoms. The number of likely N-dealkylation sites (tertiary alicyclic amines) is 1. The minimum Gasteiger partial charge on any atom is -0.497 e. The molecule has 2 heterocycles. The first-order valence-electron chi connectivity index (χ1n) is 7.14. The molecule has 0 N–H and O–H groups in total. The summed E-state index contributed by atoms with van der Waals surface area (Å²) in [7, 11) is 1.62. The Morgan fingerprint density at radius 3 is 2.90 bits per heavy atom. The van der Waals surface area contributed by atoms with Gasteiger partial charge in [0.1, 0.15) is 5.75 Å². The summed E-state index contributed by atoms with van der Waals surface area (Å²) in [6, 6.07) is 9.40. The van der Waals surface area contributed by atoms with Crippen molar-refractivity contribution >= 4 is 5.91 Å². The molecule has 0 bridgehead atoms. The van der Waals surface area contributed by atoms with Gasteiger partial charge >= 0.3 is 0 Å². The van der Waals surface area contributed by atoms with Gasteiger partial charge in [-0.15, -0.1) is 0 Å². The summed E-state index contributed by atoms with van der Waals surface area (Å²) in [6.45, 7) is 1.72. The highest BCUT2D eigenvalue weighted by Crippen LogP contribution is 2.24. The second-order valence-electron chi connectivity index (χ2n) is 5.18. The molecule has 5 heteroatoms. The van der Waals surface area contributed by atoms with Crippen LogP contribution < -0.4 is 4.74 Å². The van der Waals surface area contributed by atoms with Crippen molar-refractivity contribution in [3.8, 4) is 17.1 Å². The minimum absolute atomic E-state index is 0.123. The molecule has 1 amide bonds. The Hall–Kier alpha value is -2.30. The molecule has 5 nitrogen and oxygen atoms in total. The second kappa shape index (κ2) is 5.99. The van der Waals surface area contributed by atoms with Crippen molar-refractivity contribution in [3.05, 3.63) is 36.0 Å². The first kappa shape index (κ1) is 13.7. The molecule has 3 rings (SSSR count). The maximum atomic E-state index is 12.1. The van der Waals surface area contributed by atoms with E-state index in [2.05, 4.69) is 5.16 Å². The summed E-state index contributed by atoms with van der Waals surface area (Å²) in [4.78, 5) is 14.0. The van der Waals surface area contributed by atoms with Gasteiger partial charge in [0.25, 0.3) is 0 Å². The smallest absolute Gasteiger partial charge is 0.228 e. The molecule has 0 saturated carbocycles. The molecule has 1 aromatic heterocycles. The van der Waals surface area contributed by atoms with Crippen LogP contribution in [-0.2, 0) is 11.2 Å². The fourth-order valence-corrected chi connectivity index (χ4v) is 2.54. The third-order valence-corrected chi connectivity index (χ3v) is 3.70. The zero-order chi connectivity index (χ0) is 14.7. The van der Waals surface area contributed by atoms with Gasteiger partial charge in [-0.05, 0) is 25.0 Å².